The number of hydrazone groups is 1. The highest BCUT2D eigenvalue weighted by molar-refractivity contribution is 5.80. The Morgan fingerprint density at radius 3 is 2.55 bits per heavy atom. The molecule has 0 fully saturated rings. The fraction of sp³-hybridized carbons (Fsp3) is 0.0526. The fourth-order valence-corrected chi connectivity index (χ4v) is 2.37. The SMILES string of the molecule is O=[N+]([O-])c1cccc(COc2ccc(/C=N\Nc3ncccc3[N+](=O)[O-])cc2)c1. The summed E-state index contributed by atoms with van der Waals surface area (Å²) >= 11 is 0. The van der Waals surface area contributed by atoms with Crippen molar-refractivity contribution < 1.29 is 14.6 Å². The standard InChI is InChI=1S/C19H15N5O5/c25-23(26)16-4-1-3-15(11-16)13-29-17-8-6-14(7-9-17)12-21-22-19-18(24(27)28)5-2-10-20-19/h1-12H,13H2,(H,20,22)/b21-12-. The molecule has 0 amide bonds. The molecule has 0 spiro atoms. The number of pyridine rings is 1. The Balaban J connectivity index is 1.58. The van der Waals surface area contributed by atoms with Crippen molar-refractivity contribution in [3.63, 3.8) is 0 Å². The van der Waals surface area contributed by atoms with E-state index in [0.717, 1.165) is 5.56 Å². The maximum absolute atomic E-state index is 10.9. The monoisotopic (exact) mass is 393 g/mol. The molecule has 10 nitrogen and oxygen atoms in total. The van der Waals surface area contributed by atoms with Crippen LogP contribution in [0.3, 0.4) is 0 Å². The van der Waals surface area contributed by atoms with Crippen molar-refractivity contribution in [1.29, 1.82) is 0 Å². The number of rotatable bonds is 8. The number of anilines is 1. The fourth-order valence-electron chi connectivity index (χ4n) is 2.37. The van der Waals surface area contributed by atoms with Gasteiger partial charge in [0.2, 0.25) is 5.82 Å². The molecular formula is C19H15N5O5. The summed E-state index contributed by atoms with van der Waals surface area (Å²) in [7, 11) is 0. The Hall–Kier alpha value is -4.34. The Bertz CT molecular complexity index is 1050. The van der Waals surface area contributed by atoms with Crippen LogP contribution >= 0.6 is 0 Å². The number of nitrogens with one attached hydrogen (secondary N) is 1. The third kappa shape index (κ3) is 5.32. The van der Waals surface area contributed by atoms with E-state index in [9.17, 15) is 20.2 Å². The summed E-state index contributed by atoms with van der Waals surface area (Å²) < 4.78 is 5.63. The normalized spacial score (nSPS) is 10.6. The molecule has 1 N–H and O–H groups in total. The Morgan fingerprint density at radius 1 is 1.03 bits per heavy atom. The third-order valence-corrected chi connectivity index (χ3v) is 3.77. The molecule has 1 aromatic heterocycles. The minimum absolute atomic E-state index is 0.0123. The first-order chi connectivity index (χ1) is 14.0. The number of hydrogen-bond donors (Lipinski definition) is 1. The number of hydrogen-bond acceptors (Lipinski definition) is 8. The van der Waals surface area contributed by atoms with Crippen molar-refractivity contribution in [1.82, 2.24) is 4.98 Å². The molecule has 3 rings (SSSR count). The quantitative estimate of drug-likeness (QED) is 0.348. The minimum atomic E-state index is -0.543. The van der Waals surface area contributed by atoms with Crippen LogP contribution in [-0.4, -0.2) is 21.0 Å². The number of nitro benzene ring substituents is 1. The Labute approximate surface area is 164 Å². The molecule has 10 heteroatoms. The molecule has 146 valence electrons. The topological polar surface area (TPSA) is 133 Å². The first-order valence-electron chi connectivity index (χ1n) is 8.37. The van der Waals surface area contributed by atoms with E-state index in [2.05, 4.69) is 15.5 Å². The molecule has 0 atom stereocenters. The van der Waals surface area contributed by atoms with Gasteiger partial charge in [0.05, 0.1) is 16.1 Å². The largest absolute Gasteiger partial charge is 0.489 e. The van der Waals surface area contributed by atoms with Crippen molar-refractivity contribution in [2.75, 3.05) is 5.43 Å². The molecular weight excluding hydrogens is 378 g/mol. The molecule has 0 saturated heterocycles. The van der Waals surface area contributed by atoms with Crippen LogP contribution < -0.4 is 10.2 Å². The van der Waals surface area contributed by atoms with Crippen LogP contribution in [0.15, 0.2) is 72.0 Å². The van der Waals surface area contributed by atoms with Crippen LogP contribution in [0.5, 0.6) is 5.75 Å². The summed E-state index contributed by atoms with van der Waals surface area (Å²) in [6, 6.07) is 16.0. The average molecular weight is 393 g/mol. The minimum Gasteiger partial charge on any atom is -0.489 e. The van der Waals surface area contributed by atoms with Gasteiger partial charge >= 0.3 is 5.69 Å². The molecule has 3 aromatic rings. The molecule has 0 bridgehead atoms. The van der Waals surface area contributed by atoms with Gasteiger partial charge in [0.1, 0.15) is 12.4 Å². The summed E-state index contributed by atoms with van der Waals surface area (Å²) in [5, 5.41) is 25.7. The molecule has 0 aliphatic carbocycles. The van der Waals surface area contributed by atoms with Crippen LogP contribution in [-0.2, 0) is 6.61 Å². The average Bonchev–Trinajstić information content (AvgIpc) is 2.73. The van der Waals surface area contributed by atoms with Crippen LogP contribution in [0.25, 0.3) is 0 Å². The van der Waals surface area contributed by atoms with E-state index in [1.165, 1.54) is 36.7 Å². The summed E-state index contributed by atoms with van der Waals surface area (Å²) in [5.74, 6) is 0.632. The number of nitrogens with zero attached hydrogens (tertiary/aromatic N) is 4. The zero-order chi connectivity index (χ0) is 20.6. The van der Waals surface area contributed by atoms with Gasteiger partial charge in [-0.3, -0.25) is 25.7 Å². The van der Waals surface area contributed by atoms with E-state index >= 15 is 0 Å². The lowest BCUT2D eigenvalue weighted by Crippen LogP contribution is -1.99. The van der Waals surface area contributed by atoms with Gasteiger partial charge in [-0.1, -0.05) is 12.1 Å². The Morgan fingerprint density at radius 2 is 1.83 bits per heavy atom. The summed E-state index contributed by atoms with van der Waals surface area (Å²) in [5.41, 5.74) is 3.81. The van der Waals surface area contributed by atoms with Crippen LogP contribution in [0.4, 0.5) is 17.2 Å². The van der Waals surface area contributed by atoms with E-state index in [1.807, 2.05) is 0 Å². The van der Waals surface area contributed by atoms with Crippen LogP contribution in [0.1, 0.15) is 11.1 Å². The smallest absolute Gasteiger partial charge is 0.313 e. The van der Waals surface area contributed by atoms with Gasteiger partial charge in [-0.05, 0) is 41.5 Å². The van der Waals surface area contributed by atoms with Crippen LogP contribution in [0, 0.1) is 20.2 Å². The van der Waals surface area contributed by atoms with Gasteiger partial charge in [0, 0.05) is 24.4 Å². The lowest BCUT2D eigenvalue weighted by Gasteiger charge is -2.06. The second-order valence-corrected chi connectivity index (χ2v) is 5.78. The first kappa shape index (κ1) is 19.4. The summed E-state index contributed by atoms with van der Waals surface area (Å²) in [6.07, 6.45) is 2.92. The molecule has 0 radical (unpaired) electrons. The van der Waals surface area contributed by atoms with Crippen molar-refractivity contribution in [2.24, 2.45) is 5.10 Å². The zero-order valence-electron chi connectivity index (χ0n) is 15.0. The number of nitro groups is 2. The van der Waals surface area contributed by atoms with E-state index in [-0.39, 0.29) is 23.8 Å². The van der Waals surface area contributed by atoms with Crippen molar-refractivity contribution in [2.45, 2.75) is 6.61 Å². The number of benzene rings is 2. The molecule has 0 aliphatic rings. The number of ether oxygens (including phenoxy) is 1. The van der Waals surface area contributed by atoms with E-state index in [1.54, 1.807) is 36.4 Å². The second kappa shape index (κ2) is 9.04. The number of non-ortho nitro benzene ring substituents is 1. The number of aromatic nitrogens is 1. The van der Waals surface area contributed by atoms with E-state index < -0.39 is 9.85 Å². The lowest BCUT2D eigenvalue weighted by molar-refractivity contribution is -0.385. The van der Waals surface area contributed by atoms with Gasteiger partial charge in [0.15, 0.2) is 0 Å². The van der Waals surface area contributed by atoms with Gasteiger partial charge in [-0.25, -0.2) is 4.98 Å². The van der Waals surface area contributed by atoms with Crippen molar-refractivity contribution in [3.8, 4) is 5.75 Å². The lowest BCUT2D eigenvalue weighted by atomic mass is 10.2. The first-order valence-corrected chi connectivity index (χ1v) is 8.37. The van der Waals surface area contributed by atoms with E-state index in [0.29, 0.717) is 11.3 Å². The second-order valence-electron chi connectivity index (χ2n) is 5.78. The van der Waals surface area contributed by atoms with Gasteiger partial charge in [-0.15, -0.1) is 0 Å². The van der Waals surface area contributed by atoms with Gasteiger partial charge in [0.25, 0.3) is 5.69 Å². The van der Waals surface area contributed by atoms with Crippen LogP contribution in [0.2, 0.25) is 0 Å². The summed E-state index contributed by atoms with van der Waals surface area (Å²) in [4.78, 5) is 24.6. The summed E-state index contributed by atoms with van der Waals surface area (Å²) in [6.45, 7) is 0.194. The third-order valence-electron chi connectivity index (χ3n) is 3.77. The highest BCUT2D eigenvalue weighted by Gasteiger charge is 2.12. The highest BCUT2D eigenvalue weighted by Crippen LogP contribution is 2.20. The molecule has 2 aromatic carbocycles. The van der Waals surface area contributed by atoms with Crippen molar-refractivity contribution in [3.05, 3.63) is 98.2 Å². The van der Waals surface area contributed by atoms with Crippen molar-refractivity contribution >= 4 is 23.4 Å². The van der Waals surface area contributed by atoms with E-state index in [4.69, 9.17) is 4.74 Å². The highest BCUT2D eigenvalue weighted by atomic mass is 16.6. The predicted molar refractivity (Wildman–Crippen MR) is 106 cm³/mol. The molecule has 0 aliphatic heterocycles. The molecule has 29 heavy (non-hydrogen) atoms. The molecule has 0 saturated carbocycles. The zero-order valence-corrected chi connectivity index (χ0v) is 15.0. The predicted octanol–water partition coefficient (Wildman–Crippen LogP) is 3.92. The Kier molecular flexibility index (Phi) is 6.05. The van der Waals surface area contributed by atoms with Gasteiger partial charge < -0.3 is 4.74 Å². The maximum Gasteiger partial charge on any atom is 0.313 e. The molecule has 0 unspecified atom stereocenters. The maximum atomic E-state index is 10.9. The molecule has 1 heterocycles. The van der Waals surface area contributed by atoms with Gasteiger partial charge in [-0.2, -0.15) is 5.10 Å².